The second-order valence-corrected chi connectivity index (χ2v) is 5.60. The number of pyridine rings is 1. The summed E-state index contributed by atoms with van der Waals surface area (Å²) in [6, 6.07) is 26.4. The van der Waals surface area contributed by atoms with Gasteiger partial charge in [-0.2, -0.15) is 0 Å². The Kier molecular flexibility index (Phi) is 3.92. The highest BCUT2D eigenvalue weighted by Crippen LogP contribution is 2.27. The zero-order valence-electron chi connectivity index (χ0n) is 13.4. The molecule has 0 saturated heterocycles. The van der Waals surface area contributed by atoms with Crippen LogP contribution in [-0.2, 0) is 0 Å². The van der Waals surface area contributed by atoms with E-state index >= 15 is 0 Å². The highest BCUT2D eigenvalue weighted by atomic mass is 16.5. The summed E-state index contributed by atoms with van der Waals surface area (Å²) in [6.45, 7) is 0. The molecular weight excluding hydrogens is 312 g/mol. The van der Waals surface area contributed by atoms with Gasteiger partial charge < -0.3 is 15.2 Å². The maximum Gasteiger partial charge on any atom is 0.131 e. The van der Waals surface area contributed by atoms with Crippen LogP contribution in [0.15, 0.2) is 84.9 Å². The molecule has 0 spiro atoms. The van der Waals surface area contributed by atoms with Gasteiger partial charge in [-0.25, -0.2) is 4.98 Å². The van der Waals surface area contributed by atoms with Crippen molar-refractivity contribution in [2.24, 2.45) is 0 Å². The molecule has 0 unspecified atom stereocenters. The van der Waals surface area contributed by atoms with Crippen LogP contribution in [0.5, 0.6) is 17.2 Å². The molecule has 0 aliphatic rings. The molecule has 4 nitrogen and oxygen atoms in total. The minimum atomic E-state index is 0.235. The van der Waals surface area contributed by atoms with E-state index in [-0.39, 0.29) is 5.75 Å². The molecule has 0 fully saturated rings. The van der Waals surface area contributed by atoms with E-state index in [9.17, 15) is 5.11 Å². The minimum Gasteiger partial charge on any atom is -0.507 e. The fourth-order valence-electron chi connectivity index (χ4n) is 2.59. The summed E-state index contributed by atoms with van der Waals surface area (Å²) in [5.41, 5.74) is 1.65. The largest absolute Gasteiger partial charge is 0.507 e. The summed E-state index contributed by atoms with van der Waals surface area (Å²) in [4.78, 5) is 4.52. The average Bonchev–Trinajstić information content (AvgIpc) is 2.64. The van der Waals surface area contributed by atoms with Crippen LogP contribution in [0, 0.1) is 0 Å². The van der Waals surface area contributed by atoms with E-state index in [0.717, 1.165) is 33.9 Å². The lowest BCUT2D eigenvalue weighted by Gasteiger charge is -2.09. The topological polar surface area (TPSA) is 54.4 Å². The third-order valence-corrected chi connectivity index (χ3v) is 3.81. The Hall–Kier alpha value is -3.53. The van der Waals surface area contributed by atoms with E-state index in [1.165, 1.54) is 0 Å². The molecule has 1 aromatic heterocycles. The summed E-state index contributed by atoms with van der Waals surface area (Å²) in [6.07, 6.45) is 0. The molecule has 4 heteroatoms. The number of aromatic nitrogens is 1. The molecule has 0 bridgehead atoms. The van der Waals surface area contributed by atoms with Crippen molar-refractivity contribution in [2.45, 2.75) is 0 Å². The number of ether oxygens (including phenoxy) is 1. The average molecular weight is 328 g/mol. The summed E-state index contributed by atoms with van der Waals surface area (Å²) in [7, 11) is 0. The molecule has 4 aromatic rings. The molecule has 1 heterocycles. The van der Waals surface area contributed by atoms with Gasteiger partial charge in [-0.15, -0.1) is 0 Å². The number of benzene rings is 3. The van der Waals surface area contributed by atoms with Crippen molar-refractivity contribution in [1.82, 2.24) is 4.98 Å². The maximum absolute atomic E-state index is 9.83. The van der Waals surface area contributed by atoms with Crippen molar-refractivity contribution in [3.63, 3.8) is 0 Å². The van der Waals surface area contributed by atoms with E-state index in [0.29, 0.717) is 0 Å². The van der Waals surface area contributed by atoms with E-state index in [4.69, 9.17) is 4.74 Å². The summed E-state index contributed by atoms with van der Waals surface area (Å²) in [5.74, 6) is 2.53. The number of para-hydroxylation sites is 1. The standard InChI is InChI=1S/C21H16N2O2/c24-20-8-4-7-19-18(20)13-14-21(23-19)22-15-9-11-17(12-10-15)25-16-5-2-1-3-6-16/h1-14,24H,(H,22,23). The second kappa shape index (κ2) is 6.53. The van der Waals surface area contributed by atoms with Crippen molar-refractivity contribution in [3.8, 4) is 17.2 Å². The van der Waals surface area contributed by atoms with Crippen LogP contribution in [0.25, 0.3) is 10.9 Å². The number of aromatic hydroxyl groups is 1. The Bertz CT molecular complexity index is 999. The van der Waals surface area contributed by atoms with Crippen LogP contribution in [-0.4, -0.2) is 10.1 Å². The van der Waals surface area contributed by atoms with Crippen LogP contribution < -0.4 is 10.1 Å². The van der Waals surface area contributed by atoms with Gasteiger partial charge in [0.2, 0.25) is 0 Å². The van der Waals surface area contributed by atoms with Gasteiger partial charge >= 0.3 is 0 Å². The SMILES string of the molecule is Oc1cccc2nc(Nc3ccc(Oc4ccccc4)cc3)ccc12. The number of nitrogens with zero attached hydrogens (tertiary/aromatic N) is 1. The molecule has 0 amide bonds. The Morgan fingerprint density at radius 3 is 2.28 bits per heavy atom. The van der Waals surface area contributed by atoms with Crippen molar-refractivity contribution in [3.05, 3.63) is 84.9 Å². The highest BCUT2D eigenvalue weighted by Gasteiger charge is 2.03. The molecule has 122 valence electrons. The summed E-state index contributed by atoms with van der Waals surface area (Å²) in [5, 5.41) is 13.8. The van der Waals surface area contributed by atoms with E-state index in [2.05, 4.69) is 10.3 Å². The first-order valence-electron chi connectivity index (χ1n) is 7.97. The Labute approximate surface area is 145 Å². The number of hydrogen-bond donors (Lipinski definition) is 2. The summed E-state index contributed by atoms with van der Waals surface area (Å²) >= 11 is 0. The lowest BCUT2D eigenvalue weighted by molar-refractivity contribution is 0.481. The molecule has 25 heavy (non-hydrogen) atoms. The third kappa shape index (κ3) is 3.38. The first-order valence-corrected chi connectivity index (χ1v) is 7.97. The van der Waals surface area contributed by atoms with Gasteiger partial charge in [0.25, 0.3) is 0 Å². The molecule has 3 aromatic carbocycles. The van der Waals surface area contributed by atoms with Crippen LogP contribution in [0.2, 0.25) is 0 Å². The maximum atomic E-state index is 9.83. The van der Waals surface area contributed by atoms with E-state index in [1.54, 1.807) is 12.1 Å². The molecule has 0 radical (unpaired) electrons. The van der Waals surface area contributed by atoms with E-state index in [1.807, 2.05) is 72.8 Å². The van der Waals surface area contributed by atoms with Crippen LogP contribution in [0.3, 0.4) is 0 Å². The second-order valence-electron chi connectivity index (χ2n) is 5.60. The Morgan fingerprint density at radius 1 is 0.720 bits per heavy atom. The zero-order valence-corrected chi connectivity index (χ0v) is 13.4. The Balaban J connectivity index is 1.51. The number of phenolic OH excluding ortho intramolecular Hbond substituents is 1. The molecule has 0 aliphatic heterocycles. The lowest BCUT2D eigenvalue weighted by atomic mass is 10.2. The van der Waals surface area contributed by atoms with Gasteiger partial charge in [0.1, 0.15) is 23.1 Å². The molecular formula is C21H16N2O2. The molecule has 2 N–H and O–H groups in total. The predicted molar refractivity (Wildman–Crippen MR) is 99.6 cm³/mol. The van der Waals surface area contributed by atoms with Gasteiger partial charge in [-0.1, -0.05) is 24.3 Å². The normalized spacial score (nSPS) is 10.6. The number of fused-ring (bicyclic) bond motifs is 1. The van der Waals surface area contributed by atoms with Gasteiger partial charge in [0, 0.05) is 11.1 Å². The van der Waals surface area contributed by atoms with Crippen molar-refractivity contribution in [2.75, 3.05) is 5.32 Å². The third-order valence-electron chi connectivity index (χ3n) is 3.81. The first kappa shape index (κ1) is 15.0. The fraction of sp³-hybridized carbons (Fsp3) is 0. The van der Waals surface area contributed by atoms with Crippen molar-refractivity contribution >= 4 is 22.4 Å². The summed E-state index contributed by atoms with van der Waals surface area (Å²) < 4.78 is 5.78. The number of anilines is 2. The Morgan fingerprint density at radius 2 is 1.48 bits per heavy atom. The lowest BCUT2D eigenvalue weighted by Crippen LogP contribution is -1.94. The number of rotatable bonds is 4. The minimum absolute atomic E-state index is 0.235. The van der Waals surface area contributed by atoms with Gasteiger partial charge in [0.15, 0.2) is 0 Å². The zero-order chi connectivity index (χ0) is 17.1. The van der Waals surface area contributed by atoms with Crippen LogP contribution >= 0.6 is 0 Å². The van der Waals surface area contributed by atoms with Gasteiger partial charge in [-0.3, -0.25) is 0 Å². The molecule has 0 saturated carbocycles. The predicted octanol–water partition coefficient (Wildman–Crippen LogP) is 5.48. The molecule has 0 aliphatic carbocycles. The van der Waals surface area contributed by atoms with Crippen LogP contribution in [0.4, 0.5) is 11.5 Å². The van der Waals surface area contributed by atoms with Gasteiger partial charge in [-0.05, 0) is 60.7 Å². The van der Waals surface area contributed by atoms with E-state index < -0.39 is 0 Å². The number of hydrogen-bond acceptors (Lipinski definition) is 4. The van der Waals surface area contributed by atoms with Crippen LogP contribution in [0.1, 0.15) is 0 Å². The number of phenols is 1. The number of nitrogens with one attached hydrogen (secondary N) is 1. The first-order chi connectivity index (χ1) is 12.3. The highest BCUT2D eigenvalue weighted by molar-refractivity contribution is 5.86. The quantitative estimate of drug-likeness (QED) is 0.521. The fourth-order valence-corrected chi connectivity index (χ4v) is 2.59. The molecule has 4 rings (SSSR count). The van der Waals surface area contributed by atoms with Crippen molar-refractivity contribution in [1.29, 1.82) is 0 Å². The smallest absolute Gasteiger partial charge is 0.131 e. The molecule has 0 atom stereocenters. The van der Waals surface area contributed by atoms with Crippen molar-refractivity contribution < 1.29 is 9.84 Å². The monoisotopic (exact) mass is 328 g/mol. The van der Waals surface area contributed by atoms with Gasteiger partial charge in [0.05, 0.1) is 5.52 Å².